The fourth-order valence-corrected chi connectivity index (χ4v) is 2.81. The molecule has 0 aromatic carbocycles. The van der Waals surface area contributed by atoms with Gasteiger partial charge in [0.1, 0.15) is 10.6 Å². The Kier molecular flexibility index (Phi) is 3.16. The molecule has 88 valence electrons. The molecule has 0 saturated carbocycles. The van der Waals surface area contributed by atoms with Gasteiger partial charge in [0.25, 0.3) is 5.91 Å². The summed E-state index contributed by atoms with van der Waals surface area (Å²) in [6.07, 6.45) is 0.286. The Morgan fingerprint density at radius 1 is 1.69 bits per heavy atom. The number of likely N-dealkylation sites (tertiary alicyclic amines) is 1. The van der Waals surface area contributed by atoms with Crippen LogP contribution < -0.4 is 4.74 Å². The van der Waals surface area contributed by atoms with E-state index in [1.54, 1.807) is 12.0 Å². The van der Waals surface area contributed by atoms with Crippen LogP contribution >= 0.6 is 11.3 Å². The van der Waals surface area contributed by atoms with Crippen LogP contribution in [0.25, 0.3) is 0 Å². The van der Waals surface area contributed by atoms with Gasteiger partial charge in [0, 0.05) is 18.0 Å². The molecule has 1 atom stereocenters. The molecule has 1 fully saturated rings. The van der Waals surface area contributed by atoms with Crippen molar-refractivity contribution in [3.63, 3.8) is 0 Å². The van der Waals surface area contributed by atoms with E-state index < -0.39 is 0 Å². The number of nitrogens with zero attached hydrogens (tertiary/aromatic N) is 1. The lowest BCUT2D eigenvalue weighted by molar-refractivity contribution is 0.0766. The average Bonchev–Trinajstić information content (AvgIpc) is 2.83. The highest BCUT2D eigenvalue weighted by molar-refractivity contribution is 7.14. The summed E-state index contributed by atoms with van der Waals surface area (Å²) in [5.74, 6) is 0.598. The molecule has 0 aliphatic carbocycles. The van der Waals surface area contributed by atoms with Crippen molar-refractivity contribution in [2.24, 2.45) is 0 Å². The minimum Gasteiger partial charge on any atom is -0.495 e. The Hall–Kier alpha value is -1.07. The van der Waals surface area contributed by atoms with Gasteiger partial charge in [0.05, 0.1) is 13.2 Å². The molecule has 2 heterocycles. The zero-order valence-corrected chi connectivity index (χ0v) is 10.2. The average molecular weight is 241 g/mol. The van der Waals surface area contributed by atoms with Crippen LogP contribution in [0.4, 0.5) is 0 Å². The van der Waals surface area contributed by atoms with Gasteiger partial charge in [0.2, 0.25) is 0 Å². The number of β-amino-alcohol motifs (C(OH)–C–C–N with tert-alkyl or cyclic N) is 1. The van der Waals surface area contributed by atoms with Crippen LogP contribution in [0.5, 0.6) is 5.75 Å². The van der Waals surface area contributed by atoms with E-state index >= 15 is 0 Å². The largest absolute Gasteiger partial charge is 0.495 e. The van der Waals surface area contributed by atoms with Crippen molar-refractivity contribution >= 4 is 17.2 Å². The number of amides is 1. The van der Waals surface area contributed by atoms with Crippen molar-refractivity contribution in [1.82, 2.24) is 4.90 Å². The van der Waals surface area contributed by atoms with Crippen LogP contribution in [-0.2, 0) is 0 Å². The number of rotatable bonds is 2. The third kappa shape index (κ3) is 2.05. The van der Waals surface area contributed by atoms with Gasteiger partial charge in [-0.1, -0.05) is 0 Å². The van der Waals surface area contributed by atoms with Crippen molar-refractivity contribution in [1.29, 1.82) is 0 Å². The maximum Gasteiger partial charge on any atom is 0.267 e. The number of methoxy groups -OCH3 is 1. The SMILES string of the molecule is COc1cc(C)sc1C(=O)N1CC[C@@H](O)C1. The first-order chi connectivity index (χ1) is 7.61. The van der Waals surface area contributed by atoms with Gasteiger partial charge in [0.15, 0.2) is 0 Å². The van der Waals surface area contributed by atoms with E-state index in [-0.39, 0.29) is 12.0 Å². The molecule has 0 radical (unpaired) electrons. The minimum atomic E-state index is -0.379. The number of thiophene rings is 1. The monoisotopic (exact) mass is 241 g/mol. The maximum atomic E-state index is 12.1. The molecular weight excluding hydrogens is 226 g/mol. The Bertz CT molecular complexity index is 402. The summed E-state index contributed by atoms with van der Waals surface area (Å²) >= 11 is 1.44. The quantitative estimate of drug-likeness (QED) is 0.848. The molecule has 1 saturated heterocycles. The second-order valence-electron chi connectivity index (χ2n) is 3.95. The lowest BCUT2D eigenvalue weighted by Crippen LogP contribution is -2.29. The highest BCUT2D eigenvalue weighted by atomic mass is 32.1. The second-order valence-corrected chi connectivity index (χ2v) is 5.20. The molecule has 4 nitrogen and oxygen atoms in total. The Morgan fingerprint density at radius 3 is 3.00 bits per heavy atom. The van der Waals surface area contributed by atoms with Crippen LogP contribution in [-0.4, -0.2) is 42.2 Å². The van der Waals surface area contributed by atoms with Crippen LogP contribution in [0.1, 0.15) is 21.0 Å². The molecule has 16 heavy (non-hydrogen) atoms. The molecule has 1 aliphatic heterocycles. The number of hydrogen-bond acceptors (Lipinski definition) is 4. The van der Waals surface area contributed by atoms with Crippen molar-refractivity contribution < 1.29 is 14.6 Å². The summed E-state index contributed by atoms with van der Waals surface area (Å²) < 4.78 is 5.17. The van der Waals surface area contributed by atoms with Gasteiger partial charge in [-0.25, -0.2) is 0 Å². The minimum absolute atomic E-state index is 0.0356. The van der Waals surface area contributed by atoms with Crippen molar-refractivity contribution in [3.05, 3.63) is 15.8 Å². The lowest BCUT2D eigenvalue weighted by Gasteiger charge is -2.14. The van der Waals surface area contributed by atoms with E-state index in [4.69, 9.17) is 4.74 Å². The van der Waals surface area contributed by atoms with Crippen LogP contribution in [0, 0.1) is 6.92 Å². The van der Waals surface area contributed by atoms with E-state index in [0.29, 0.717) is 30.1 Å². The van der Waals surface area contributed by atoms with E-state index in [0.717, 1.165) is 4.88 Å². The third-order valence-electron chi connectivity index (χ3n) is 2.69. The predicted octanol–water partition coefficient (Wildman–Crippen LogP) is 1.27. The Labute approximate surface area is 98.4 Å². The maximum absolute atomic E-state index is 12.1. The van der Waals surface area contributed by atoms with Crippen molar-refractivity contribution in [3.8, 4) is 5.75 Å². The first kappa shape index (κ1) is 11.4. The zero-order chi connectivity index (χ0) is 11.7. The molecule has 1 aliphatic rings. The van der Waals surface area contributed by atoms with Gasteiger partial charge in [-0.3, -0.25) is 4.79 Å². The normalized spacial score (nSPS) is 20.2. The van der Waals surface area contributed by atoms with E-state index in [1.807, 2.05) is 13.0 Å². The van der Waals surface area contributed by atoms with E-state index in [9.17, 15) is 9.90 Å². The summed E-state index contributed by atoms with van der Waals surface area (Å²) in [6, 6.07) is 1.87. The third-order valence-corrected chi connectivity index (χ3v) is 3.71. The van der Waals surface area contributed by atoms with Gasteiger partial charge in [-0.2, -0.15) is 0 Å². The number of ether oxygens (including phenoxy) is 1. The Balaban J connectivity index is 2.20. The molecule has 1 aromatic heterocycles. The highest BCUT2D eigenvalue weighted by Crippen LogP contribution is 2.30. The van der Waals surface area contributed by atoms with Gasteiger partial charge in [-0.15, -0.1) is 11.3 Å². The summed E-state index contributed by atoms with van der Waals surface area (Å²) in [4.78, 5) is 15.5. The molecule has 1 N–H and O–H groups in total. The van der Waals surface area contributed by atoms with Crippen molar-refractivity contribution in [2.45, 2.75) is 19.4 Å². The Morgan fingerprint density at radius 2 is 2.44 bits per heavy atom. The lowest BCUT2D eigenvalue weighted by atomic mass is 10.3. The molecule has 5 heteroatoms. The second kappa shape index (κ2) is 4.43. The highest BCUT2D eigenvalue weighted by Gasteiger charge is 2.28. The van der Waals surface area contributed by atoms with Crippen LogP contribution in [0.3, 0.4) is 0 Å². The topological polar surface area (TPSA) is 49.8 Å². The fraction of sp³-hybridized carbons (Fsp3) is 0.545. The van der Waals surface area contributed by atoms with Crippen LogP contribution in [0.2, 0.25) is 0 Å². The number of carbonyl (C=O) groups is 1. The van der Waals surface area contributed by atoms with E-state index in [2.05, 4.69) is 0 Å². The predicted molar refractivity (Wildman–Crippen MR) is 62.1 cm³/mol. The molecule has 2 rings (SSSR count). The summed E-state index contributed by atoms with van der Waals surface area (Å²) in [7, 11) is 1.57. The molecule has 0 spiro atoms. The smallest absolute Gasteiger partial charge is 0.267 e. The molecule has 1 amide bonds. The first-order valence-electron chi connectivity index (χ1n) is 5.23. The van der Waals surface area contributed by atoms with E-state index in [1.165, 1.54) is 11.3 Å². The summed E-state index contributed by atoms with van der Waals surface area (Å²) in [5.41, 5.74) is 0. The number of aliphatic hydroxyl groups excluding tert-OH is 1. The summed E-state index contributed by atoms with van der Waals surface area (Å²) in [5, 5.41) is 9.41. The first-order valence-corrected chi connectivity index (χ1v) is 6.05. The zero-order valence-electron chi connectivity index (χ0n) is 9.40. The fourth-order valence-electron chi connectivity index (χ4n) is 1.86. The van der Waals surface area contributed by atoms with Crippen LogP contribution in [0.15, 0.2) is 6.07 Å². The number of aliphatic hydroxyl groups is 1. The standard InChI is InChI=1S/C11H15NO3S/c1-7-5-9(15-2)10(16-7)11(14)12-4-3-8(13)6-12/h5,8,13H,3-4,6H2,1-2H3/t8-/m1/s1. The van der Waals surface area contributed by atoms with Gasteiger partial charge >= 0.3 is 0 Å². The molecular formula is C11H15NO3S. The van der Waals surface area contributed by atoms with Gasteiger partial charge in [-0.05, 0) is 19.4 Å². The number of hydrogen-bond donors (Lipinski definition) is 1. The number of aryl methyl sites for hydroxylation is 1. The molecule has 1 aromatic rings. The van der Waals surface area contributed by atoms with Crippen molar-refractivity contribution in [2.75, 3.05) is 20.2 Å². The summed E-state index contributed by atoms with van der Waals surface area (Å²) in [6.45, 7) is 3.00. The molecule has 0 unspecified atom stereocenters. The number of carbonyl (C=O) groups excluding carboxylic acids is 1. The van der Waals surface area contributed by atoms with Gasteiger partial charge < -0.3 is 14.7 Å². The molecule has 0 bridgehead atoms.